The molecule has 36 heavy (non-hydrogen) atoms. The van der Waals surface area contributed by atoms with Gasteiger partial charge in [-0.05, 0) is 43.4 Å². The molecule has 2 aromatic rings. The zero-order valence-electron chi connectivity index (χ0n) is 21.9. The standard InChI is InChI=1S/C30H39N3O3/c1-4-36-27-17-9-8-13-24(27)21-33(20-12-16-26(33)29(32)35)28(34)18-10-11-19-30(22-31,23(2)3)25-14-6-5-7-15-25/h5-9,13-15,17,23,26H,4,10-12,16,18-21H2,1-3H3,(H-,32,35)/p+1/t26?,30-,33+/m0/s1. The first-order valence-corrected chi connectivity index (χ1v) is 13.2. The second-order valence-electron chi connectivity index (χ2n) is 10.2. The summed E-state index contributed by atoms with van der Waals surface area (Å²) in [6.45, 7) is 7.63. The summed E-state index contributed by atoms with van der Waals surface area (Å²) in [5.74, 6) is 0.530. The normalized spacial score (nSPS) is 21.0. The molecule has 0 saturated carbocycles. The summed E-state index contributed by atoms with van der Waals surface area (Å²) < 4.78 is 5.87. The number of amides is 2. The summed E-state index contributed by atoms with van der Waals surface area (Å²) >= 11 is 0. The van der Waals surface area contributed by atoms with Crippen molar-refractivity contribution in [3.05, 3.63) is 65.7 Å². The molecule has 0 aromatic heterocycles. The van der Waals surface area contributed by atoms with Crippen LogP contribution < -0.4 is 10.5 Å². The van der Waals surface area contributed by atoms with E-state index >= 15 is 0 Å². The molecule has 1 unspecified atom stereocenters. The Labute approximate surface area is 215 Å². The van der Waals surface area contributed by atoms with E-state index in [0.717, 1.165) is 29.7 Å². The van der Waals surface area contributed by atoms with Crippen molar-refractivity contribution in [3.8, 4) is 11.8 Å². The van der Waals surface area contributed by atoms with Gasteiger partial charge in [-0.2, -0.15) is 5.26 Å². The maximum atomic E-state index is 13.8. The highest BCUT2D eigenvalue weighted by Gasteiger charge is 2.50. The van der Waals surface area contributed by atoms with Crippen molar-refractivity contribution in [2.45, 2.75) is 77.3 Å². The van der Waals surface area contributed by atoms with Crippen LogP contribution in [0, 0.1) is 17.2 Å². The molecule has 0 aliphatic carbocycles. The van der Waals surface area contributed by atoms with Crippen molar-refractivity contribution in [2.75, 3.05) is 13.2 Å². The largest absolute Gasteiger partial charge is 0.493 e. The highest BCUT2D eigenvalue weighted by molar-refractivity contribution is 5.82. The van der Waals surface area contributed by atoms with Crippen molar-refractivity contribution in [3.63, 3.8) is 0 Å². The molecule has 6 nitrogen and oxygen atoms in total. The van der Waals surface area contributed by atoms with E-state index in [-0.39, 0.29) is 16.3 Å². The number of unbranched alkanes of at least 4 members (excludes halogenated alkanes) is 1. The number of nitriles is 1. The average molecular weight is 491 g/mol. The van der Waals surface area contributed by atoms with Crippen molar-refractivity contribution in [1.29, 1.82) is 5.26 Å². The Morgan fingerprint density at radius 3 is 2.47 bits per heavy atom. The fourth-order valence-electron chi connectivity index (χ4n) is 5.82. The number of ether oxygens (including phenoxy) is 1. The maximum Gasteiger partial charge on any atom is 0.314 e. The zero-order valence-corrected chi connectivity index (χ0v) is 21.9. The van der Waals surface area contributed by atoms with Gasteiger partial charge in [0.25, 0.3) is 5.91 Å². The number of nitrogens with zero attached hydrogens (tertiary/aromatic N) is 2. The molecule has 1 saturated heterocycles. The zero-order chi connectivity index (χ0) is 26.2. The van der Waals surface area contributed by atoms with Crippen molar-refractivity contribution in [2.24, 2.45) is 11.7 Å². The van der Waals surface area contributed by atoms with Crippen molar-refractivity contribution in [1.82, 2.24) is 0 Å². The van der Waals surface area contributed by atoms with E-state index in [1.165, 1.54) is 0 Å². The number of quaternary nitrogens is 1. The first-order valence-electron chi connectivity index (χ1n) is 13.2. The van der Waals surface area contributed by atoms with E-state index in [1.807, 2.05) is 61.5 Å². The number of para-hydroxylation sites is 1. The van der Waals surface area contributed by atoms with Crippen LogP contribution in [0.5, 0.6) is 5.75 Å². The number of likely N-dealkylation sites (tertiary alicyclic amines) is 1. The van der Waals surface area contributed by atoms with E-state index in [9.17, 15) is 14.9 Å². The number of primary amides is 1. The Morgan fingerprint density at radius 1 is 1.14 bits per heavy atom. The van der Waals surface area contributed by atoms with Gasteiger partial charge in [-0.15, -0.1) is 0 Å². The van der Waals surface area contributed by atoms with Gasteiger partial charge >= 0.3 is 5.91 Å². The molecule has 0 spiro atoms. The lowest BCUT2D eigenvalue weighted by Gasteiger charge is -2.36. The first-order chi connectivity index (χ1) is 17.3. The average Bonchev–Trinajstić information content (AvgIpc) is 3.31. The molecule has 2 aromatic carbocycles. The van der Waals surface area contributed by atoms with E-state index in [0.29, 0.717) is 45.4 Å². The SMILES string of the molecule is CCOc1ccccc1C[N@+]1(C(=O)CCCC[C@@](C#N)(c2ccccc2)C(C)C)CCCC1C(N)=O. The molecule has 0 radical (unpaired) electrons. The molecule has 3 rings (SSSR count). The lowest BCUT2D eigenvalue weighted by atomic mass is 9.69. The molecule has 3 atom stereocenters. The summed E-state index contributed by atoms with van der Waals surface area (Å²) in [6.07, 6.45) is 3.87. The number of nitrogens with two attached hydrogens (primary N) is 1. The number of hydrogen-bond donors (Lipinski definition) is 1. The van der Waals surface area contributed by atoms with Gasteiger partial charge in [0, 0.05) is 18.4 Å². The molecule has 0 bridgehead atoms. The van der Waals surface area contributed by atoms with Crippen LogP contribution in [-0.2, 0) is 21.5 Å². The minimum absolute atomic E-state index is 0.0504. The molecule has 1 fully saturated rings. The van der Waals surface area contributed by atoms with Gasteiger partial charge in [-0.3, -0.25) is 4.79 Å². The van der Waals surface area contributed by atoms with Gasteiger partial charge in [0.15, 0.2) is 6.04 Å². The third kappa shape index (κ3) is 5.63. The van der Waals surface area contributed by atoms with Crippen LogP contribution in [0.2, 0.25) is 0 Å². The molecule has 6 heteroatoms. The fourth-order valence-corrected chi connectivity index (χ4v) is 5.82. The summed E-state index contributed by atoms with van der Waals surface area (Å²) in [6, 6.07) is 19.7. The highest BCUT2D eigenvalue weighted by atomic mass is 16.5. The number of carbonyl (C=O) groups is 2. The number of rotatable bonds is 12. The molecule has 192 valence electrons. The summed E-state index contributed by atoms with van der Waals surface area (Å²) in [5.41, 5.74) is 7.18. The van der Waals surface area contributed by atoms with Gasteiger partial charge in [-0.25, -0.2) is 9.28 Å². The molecular weight excluding hydrogens is 450 g/mol. The van der Waals surface area contributed by atoms with Crippen molar-refractivity contribution >= 4 is 11.8 Å². The highest BCUT2D eigenvalue weighted by Crippen LogP contribution is 2.38. The number of benzene rings is 2. The van der Waals surface area contributed by atoms with Gasteiger partial charge in [0.1, 0.15) is 12.3 Å². The second-order valence-corrected chi connectivity index (χ2v) is 10.2. The van der Waals surface area contributed by atoms with E-state index in [2.05, 4.69) is 19.9 Å². The van der Waals surface area contributed by atoms with Gasteiger partial charge in [0.2, 0.25) is 0 Å². The molecule has 1 aliphatic rings. The van der Waals surface area contributed by atoms with Crippen LogP contribution in [-0.4, -0.2) is 35.5 Å². The predicted molar refractivity (Wildman–Crippen MR) is 141 cm³/mol. The van der Waals surface area contributed by atoms with Crippen LogP contribution in [0.1, 0.15) is 70.4 Å². The Bertz CT molecular complexity index is 1080. The van der Waals surface area contributed by atoms with Gasteiger partial charge < -0.3 is 10.5 Å². The molecule has 1 heterocycles. The third-order valence-electron chi connectivity index (χ3n) is 7.87. The number of hydrogen-bond acceptors (Lipinski definition) is 4. The first kappa shape index (κ1) is 27.4. The van der Waals surface area contributed by atoms with E-state index < -0.39 is 17.4 Å². The third-order valence-corrected chi connectivity index (χ3v) is 7.87. The van der Waals surface area contributed by atoms with Crippen LogP contribution in [0.3, 0.4) is 0 Å². The Hall–Kier alpha value is -3.17. The Kier molecular flexibility index (Phi) is 9.28. The monoisotopic (exact) mass is 490 g/mol. The van der Waals surface area contributed by atoms with Crippen LogP contribution in [0.25, 0.3) is 0 Å². The van der Waals surface area contributed by atoms with Crippen molar-refractivity contribution < 1.29 is 18.8 Å². The van der Waals surface area contributed by atoms with Crippen LogP contribution in [0.15, 0.2) is 54.6 Å². The quantitative estimate of drug-likeness (QED) is 0.325. The summed E-state index contributed by atoms with van der Waals surface area (Å²) in [7, 11) is 0. The smallest absolute Gasteiger partial charge is 0.314 e. The van der Waals surface area contributed by atoms with Crippen LogP contribution in [0.4, 0.5) is 0 Å². The minimum atomic E-state index is -0.587. The van der Waals surface area contributed by atoms with E-state index in [4.69, 9.17) is 10.5 Å². The van der Waals surface area contributed by atoms with Gasteiger partial charge in [0.05, 0.1) is 31.1 Å². The lowest BCUT2D eigenvalue weighted by Crippen LogP contribution is -2.59. The molecular formula is C30H40N3O3+. The van der Waals surface area contributed by atoms with Gasteiger partial charge in [-0.1, -0.05) is 62.7 Å². The molecule has 1 aliphatic heterocycles. The molecule has 2 amide bonds. The van der Waals surface area contributed by atoms with Crippen LogP contribution >= 0.6 is 0 Å². The predicted octanol–water partition coefficient (Wildman–Crippen LogP) is 5.25. The Balaban J connectivity index is 1.77. The lowest BCUT2D eigenvalue weighted by molar-refractivity contribution is -0.871. The summed E-state index contributed by atoms with van der Waals surface area (Å²) in [5, 5.41) is 10.2. The maximum absolute atomic E-state index is 13.8. The fraction of sp³-hybridized carbons (Fsp3) is 0.500. The minimum Gasteiger partial charge on any atom is -0.493 e. The summed E-state index contributed by atoms with van der Waals surface area (Å²) in [4.78, 5) is 26.3. The second kappa shape index (κ2) is 12.2. The topological polar surface area (TPSA) is 93.2 Å². The number of carbonyl (C=O) groups excluding carboxylic acids is 2. The van der Waals surface area contributed by atoms with E-state index in [1.54, 1.807) is 0 Å². The molecule has 2 N–H and O–H groups in total. The Morgan fingerprint density at radius 2 is 1.83 bits per heavy atom.